The molecule has 0 fully saturated rings. The number of amides is 1. The molecule has 0 saturated carbocycles. The van der Waals surface area contributed by atoms with E-state index < -0.39 is 12.0 Å². The number of carboxylic acid groups (broad SMARTS) is 1. The average molecular weight is 660 g/mol. The predicted octanol–water partition coefficient (Wildman–Crippen LogP) is 11.3. The number of hydrogen-bond donors (Lipinski definition) is 3. The van der Waals surface area contributed by atoms with Gasteiger partial charge in [-0.05, 0) is 60.7 Å². The van der Waals surface area contributed by atoms with Crippen LogP contribution in [0.2, 0.25) is 5.02 Å². The fourth-order valence-electron chi connectivity index (χ4n) is 6.79. The van der Waals surface area contributed by atoms with E-state index in [0.717, 1.165) is 94.7 Å². The largest absolute Gasteiger partial charge is 0.465 e. The molecule has 6 nitrogen and oxygen atoms in total. The van der Waals surface area contributed by atoms with Crippen molar-refractivity contribution in [1.82, 2.24) is 0 Å². The van der Waals surface area contributed by atoms with Gasteiger partial charge in [0.1, 0.15) is 11.5 Å². The van der Waals surface area contributed by atoms with Crippen LogP contribution in [-0.4, -0.2) is 24.3 Å². The van der Waals surface area contributed by atoms with E-state index in [-0.39, 0.29) is 0 Å². The molecule has 1 amide bonds. The number of anilines is 3. The molecule has 0 spiro atoms. The van der Waals surface area contributed by atoms with E-state index >= 15 is 0 Å². The second-order valence-corrected chi connectivity index (χ2v) is 12.8. The maximum atomic E-state index is 12.4. The number of benzene rings is 5. The third-order valence-corrected chi connectivity index (χ3v) is 9.56. The van der Waals surface area contributed by atoms with Crippen LogP contribution in [0.25, 0.3) is 22.3 Å². The number of ether oxygens (including phenoxy) is 1. The van der Waals surface area contributed by atoms with Gasteiger partial charge >= 0.3 is 6.09 Å². The Labute approximate surface area is 288 Å². The van der Waals surface area contributed by atoms with Crippen LogP contribution in [0.4, 0.5) is 21.9 Å². The van der Waals surface area contributed by atoms with Gasteiger partial charge in [0.2, 0.25) is 0 Å². The first-order valence-corrected chi connectivity index (χ1v) is 17.1. The van der Waals surface area contributed by atoms with E-state index in [1.54, 1.807) is 0 Å². The fourth-order valence-corrected chi connectivity index (χ4v) is 7.02. The van der Waals surface area contributed by atoms with Crippen LogP contribution in [0.15, 0.2) is 97.1 Å². The topological polar surface area (TPSA) is 87.8 Å². The number of nitrogens with zero attached hydrogens (tertiary/aromatic N) is 1. The van der Waals surface area contributed by atoms with Crippen molar-refractivity contribution < 1.29 is 14.6 Å². The normalized spacial score (nSPS) is 13.3. The van der Waals surface area contributed by atoms with Crippen LogP contribution in [0.3, 0.4) is 0 Å². The second-order valence-electron chi connectivity index (χ2n) is 12.4. The number of aryl methyl sites for hydroxylation is 1. The number of halogens is 1. The molecule has 1 aliphatic rings. The molecule has 0 saturated heterocycles. The Balaban J connectivity index is 1.61. The van der Waals surface area contributed by atoms with Gasteiger partial charge < -0.3 is 20.5 Å². The number of fused-ring (bicyclic) bond motifs is 2. The van der Waals surface area contributed by atoms with E-state index in [2.05, 4.69) is 42.3 Å². The standard InChI is InChI=1S/C41H42ClN3O3/c1-4-6-23-45(24-7-5-2)27-19-20-32-36(25-27)48-35-22-21-30(29-15-10-11-18-34(29)42)39(43)38(35)37(32)33-17-12-16-31(40(33)44-41(46)47)28-14-9-8-13-26(28)3/h8-22,25,37,44H,4-7,23-24,43H2,1-3H3,(H,46,47). The van der Waals surface area contributed by atoms with E-state index in [1.165, 1.54) is 0 Å². The maximum Gasteiger partial charge on any atom is 0.409 e. The SMILES string of the molecule is CCCCN(CCCC)c1ccc2c(c1)Oc1ccc(-c3ccccc3Cl)c(N)c1C2c1cccc(-c2ccccc2C)c1NC(=O)O. The highest BCUT2D eigenvalue weighted by Crippen LogP contribution is 2.54. The fraction of sp³-hybridized carbons (Fsp3) is 0.244. The molecule has 6 rings (SSSR count). The highest BCUT2D eigenvalue weighted by Gasteiger charge is 2.35. The maximum absolute atomic E-state index is 12.4. The molecule has 48 heavy (non-hydrogen) atoms. The zero-order chi connectivity index (χ0) is 33.8. The number of rotatable bonds is 11. The monoisotopic (exact) mass is 659 g/mol. The van der Waals surface area contributed by atoms with E-state index in [1.807, 2.05) is 85.8 Å². The van der Waals surface area contributed by atoms with Gasteiger partial charge in [-0.25, -0.2) is 4.79 Å². The summed E-state index contributed by atoms with van der Waals surface area (Å²) in [6.45, 7) is 8.39. The molecule has 1 heterocycles. The first-order valence-electron chi connectivity index (χ1n) is 16.7. The third-order valence-electron chi connectivity index (χ3n) is 9.23. The van der Waals surface area contributed by atoms with Gasteiger partial charge in [0, 0.05) is 69.3 Å². The number of nitrogen functional groups attached to an aromatic ring is 1. The van der Waals surface area contributed by atoms with Crippen LogP contribution >= 0.6 is 11.6 Å². The van der Waals surface area contributed by atoms with E-state index in [0.29, 0.717) is 22.1 Å². The summed E-state index contributed by atoms with van der Waals surface area (Å²) in [7, 11) is 0. The van der Waals surface area contributed by atoms with Crippen molar-refractivity contribution in [3.63, 3.8) is 0 Å². The molecule has 0 radical (unpaired) electrons. The van der Waals surface area contributed by atoms with Crippen molar-refractivity contribution in [2.24, 2.45) is 0 Å². The van der Waals surface area contributed by atoms with Crippen molar-refractivity contribution in [3.8, 4) is 33.8 Å². The van der Waals surface area contributed by atoms with Gasteiger partial charge in [-0.1, -0.05) is 105 Å². The highest BCUT2D eigenvalue weighted by atomic mass is 35.5. The molecular formula is C41H42ClN3O3. The lowest BCUT2D eigenvalue weighted by molar-refractivity contribution is 0.209. The lowest BCUT2D eigenvalue weighted by atomic mass is 9.78. The lowest BCUT2D eigenvalue weighted by Gasteiger charge is -2.33. The van der Waals surface area contributed by atoms with Gasteiger partial charge in [-0.3, -0.25) is 5.32 Å². The van der Waals surface area contributed by atoms with Crippen LogP contribution in [0.5, 0.6) is 11.5 Å². The quantitative estimate of drug-likeness (QED) is 0.120. The molecule has 7 heteroatoms. The number of nitrogens with two attached hydrogens (primary N) is 1. The summed E-state index contributed by atoms with van der Waals surface area (Å²) in [5.41, 5.74) is 16.2. The average Bonchev–Trinajstić information content (AvgIpc) is 3.08. The summed E-state index contributed by atoms with van der Waals surface area (Å²) in [4.78, 5) is 14.9. The van der Waals surface area contributed by atoms with Crippen molar-refractivity contribution in [3.05, 3.63) is 124 Å². The number of carbonyl (C=O) groups is 1. The van der Waals surface area contributed by atoms with Crippen LogP contribution in [0.1, 0.15) is 67.7 Å². The smallest absolute Gasteiger partial charge is 0.409 e. The number of para-hydroxylation sites is 1. The highest BCUT2D eigenvalue weighted by molar-refractivity contribution is 6.33. The first kappa shape index (κ1) is 33.0. The summed E-state index contributed by atoms with van der Waals surface area (Å²) in [5.74, 6) is 0.926. The van der Waals surface area contributed by atoms with Crippen molar-refractivity contribution in [2.45, 2.75) is 52.4 Å². The van der Waals surface area contributed by atoms with Crippen molar-refractivity contribution in [2.75, 3.05) is 29.0 Å². The van der Waals surface area contributed by atoms with E-state index in [4.69, 9.17) is 22.1 Å². The van der Waals surface area contributed by atoms with Crippen LogP contribution in [-0.2, 0) is 0 Å². The summed E-state index contributed by atoms with van der Waals surface area (Å²) in [6.07, 6.45) is 3.29. The molecule has 5 aromatic rings. The zero-order valence-electron chi connectivity index (χ0n) is 27.7. The zero-order valence-corrected chi connectivity index (χ0v) is 28.5. The Morgan fingerprint density at radius 3 is 2.19 bits per heavy atom. The minimum Gasteiger partial charge on any atom is -0.465 e. The van der Waals surface area contributed by atoms with Gasteiger partial charge in [-0.15, -0.1) is 0 Å². The molecule has 1 unspecified atom stereocenters. The first-order chi connectivity index (χ1) is 23.3. The van der Waals surface area contributed by atoms with Crippen molar-refractivity contribution in [1.29, 1.82) is 0 Å². The van der Waals surface area contributed by atoms with Gasteiger partial charge in [0.05, 0.1) is 5.69 Å². The Morgan fingerprint density at radius 1 is 0.812 bits per heavy atom. The number of unbranched alkanes of at least 4 members (excludes halogenated alkanes) is 2. The molecule has 0 aromatic heterocycles. The summed E-state index contributed by atoms with van der Waals surface area (Å²) in [6, 6.07) is 31.9. The molecule has 1 aliphatic heterocycles. The summed E-state index contributed by atoms with van der Waals surface area (Å²) in [5, 5.41) is 13.5. The van der Waals surface area contributed by atoms with Crippen molar-refractivity contribution >= 4 is 34.8 Å². The minimum absolute atomic E-state index is 0.439. The van der Waals surface area contributed by atoms with Crippen LogP contribution < -0.4 is 20.7 Å². The Hall–Kier alpha value is -4.94. The van der Waals surface area contributed by atoms with E-state index in [9.17, 15) is 9.90 Å². The summed E-state index contributed by atoms with van der Waals surface area (Å²) >= 11 is 6.69. The molecule has 1 atom stereocenters. The number of nitrogens with one attached hydrogen (secondary N) is 1. The lowest BCUT2D eigenvalue weighted by Crippen LogP contribution is -2.26. The van der Waals surface area contributed by atoms with Crippen LogP contribution in [0, 0.1) is 6.92 Å². The Morgan fingerprint density at radius 2 is 1.50 bits per heavy atom. The molecule has 0 aliphatic carbocycles. The number of hydrogen-bond acceptors (Lipinski definition) is 4. The third kappa shape index (κ3) is 6.45. The second kappa shape index (κ2) is 14.4. The minimum atomic E-state index is -1.14. The van der Waals surface area contributed by atoms with Gasteiger partial charge in [0.15, 0.2) is 0 Å². The summed E-state index contributed by atoms with van der Waals surface area (Å²) < 4.78 is 6.71. The molecule has 4 N–H and O–H groups in total. The Kier molecular flexibility index (Phi) is 9.93. The molecule has 246 valence electrons. The molecule has 5 aromatic carbocycles. The predicted molar refractivity (Wildman–Crippen MR) is 199 cm³/mol. The Bertz CT molecular complexity index is 1950. The molecule has 0 bridgehead atoms. The molecular weight excluding hydrogens is 618 g/mol. The van der Waals surface area contributed by atoms with Gasteiger partial charge in [0.25, 0.3) is 0 Å². The van der Waals surface area contributed by atoms with Gasteiger partial charge in [-0.2, -0.15) is 0 Å².